The maximum absolute atomic E-state index is 5.41. The summed E-state index contributed by atoms with van der Waals surface area (Å²) in [6.45, 7) is 10.8. The molecule has 1 unspecified atom stereocenters. The van der Waals surface area contributed by atoms with Gasteiger partial charge >= 0.3 is 0 Å². The first-order valence-electron chi connectivity index (χ1n) is 4.95. The second-order valence-electron chi connectivity index (χ2n) is 3.16. The summed E-state index contributed by atoms with van der Waals surface area (Å²) in [6, 6.07) is 0.521. The van der Waals surface area contributed by atoms with Gasteiger partial charge in [0.15, 0.2) is 0 Å². The summed E-state index contributed by atoms with van der Waals surface area (Å²) in [6.07, 6.45) is 1.92. The van der Waals surface area contributed by atoms with Crippen LogP contribution >= 0.6 is 11.6 Å². The monoisotopic (exact) mass is 204 g/mol. The Balaban J connectivity index is 3.53. The molecule has 0 aromatic heterocycles. The minimum Gasteiger partial charge on any atom is -0.309 e. The standard InChI is InChI=1S/C10H21ClN2/c1-4-13(5-2)9-10(3)12-8-6-7-11/h6-7,10,12H,4-5,8-9H2,1-3H3/b7-6+. The molecule has 0 bridgehead atoms. The SMILES string of the molecule is CCN(CC)CC(C)NC/C=C/Cl. The molecular weight excluding hydrogens is 184 g/mol. The van der Waals surface area contributed by atoms with E-state index in [-0.39, 0.29) is 0 Å². The molecule has 0 radical (unpaired) electrons. The van der Waals surface area contributed by atoms with Gasteiger partial charge in [-0.3, -0.25) is 0 Å². The van der Waals surface area contributed by atoms with Crippen LogP contribution in [0, 0.1) is 0 Å². The third-order valence-electron chi connectivity index (χ3n) is 2.10. The highest BCUT2D eigenvalue weighted by Gasteiger charge is 2.04. The largest absolute Gasteiger partial charge is 0.309 e. The Kier molecular flexibility index (Phi) is 8.51. The second-order valence-corrected chi connectivity index (χ2v) is 3.41. The van der Waals surface area contributed by atoms with Crippen molar-refractivity contribution < 1.29 is 0 Å². The van der Waals surface area contributed by atoms with Gasteiger partial charge in [0.2, 0.25) is 0 Å². The van der Waals surface area contributed by atoms with Crippen molar-refractivity contribution >= 4 is 11.6 Å². The van der Waals surface area contributed by atoms with Gasteiger partial charge < -0.3 is 10.2 Å². The number of hydrogen-bond acceptors (Lipinski definition) is 2. The Morgan fingerprint density at radius 3 is 2.46 bits per heavy atom. The Bertz CT molecular complexity index is 133. The fraction of sp³-hybridized carbons (Fsp3) is 0.800. The van der Waals surface area contributed by atoms with Crippen molar-refractivity contribution in [2.45, 2.75) is 26.8 Å². The van der Waals surface area contributed by atoms with Crippen LogP contribution in [0.4, 0.5) is 0 Å². The van der Waals surface area contributed by atoms with Crippen molar-refractivity contribution in [1.82, 2.24) is 10.2 Å². The molecule has 0 rings (SSSR count). The number of nitrogens with one attached hydrogen (secondary N) is 1. The van der Waals surface area contributed by atoms with Gasteiger partial charge in [-0.1, -0.05) is 31.5 Å². The van der Waals surface area contributed by atoms with Crippen molar-refractivity contribution in [3.8, 4) is 0 Å². The molecule has 1 N–H and O–H groups in total. The Morgan fingerprint density at radius 2 is 2.00 bits per heavy atom. The molecule has 78 valence electrons. The van der Waals surface area contributed by atoms with Crippen LogP contribution in [-0.2, 0) is 0 Å². The van der Waals surface area contributed by atoms with Crippen LogP contribution in [0.25, 0.3) is 0 Å². The highest BCUT2D eigenvalue weighted by molar-refractivity contribution is 6.25. The van der Waals surface area contributed by atoms with Crippen molar-refractivity contribution in [1.29, 1.82) is 0 Å². The average Bonchev–Trinajstić information content (AvgIpc) is 2.14. The molecule has 0 amide bonds. The summed E-state index contributed by atoms with van der Waals surface area (Å²) >= 11 is 5.41. The lowest BCUT2D eigenvalue weighted by Crippen LogP contribution is -2.39. The molecule has 0 aliphatic carbocycles. The number of likely N-dealkylation sites (N-methyl/N-ethyl adjacent to an activating group) is 1. The van der Waals surface area contributed by atoms with E-state index in [1.165, 1.54) is 0 Å². The predicted molar refractivity (Wildman–Crippen MR) is 60.2 cm³/mol. The summed E-state index contributed by atoms with van der Waals surface area (Å²) in [5.41, 5.74) is 1.55. The van der Waals surface area contributed by atoms with Crippen LogP contribution in [0.3, 0.4) is 0 Å². The quantitative estimate of drug-likeness (QED) is 0.683. The van der Waals surface area contributed by atoms with Crippen LogP contribution in [-0.4, -0.2) is 37.1 Å². The molecule has 0 saturated carbocycles. The Hall–Kier alpha value is -0.0500. The number of nitrogens with zero attached hydrogens (tertiary/aromatic N) is 1. The maximum atomic E-state index is 5.41. The van der Waals surface area contributed by atoms with Crippen LogP contribution in [0.15, 0.2) is 11.6 Å². The normalized spacial score (nSPS) is 14.2. The molecule has 0 saturated heterocycles. The summed E-state index contributed by atoms with van der Waals surface area (Å²) in [5, 5.41) is 3.37. The molecule has 13 heavy (non-hydrogen) atoms. The lowest BCUT2D eigenvalue weighted by Gasteiger charge is -2.22. The first-order chi connectivity index (χ1) is 6.24. The van der Waals surface area contributed by atoms with Gasteiger partial charge in [0, 0.05) is 24.7 Å². The third-order valence-corrected chi connectivity index (χ3v) is 2.28. The van der Waals surface area contributed by atoms with Gasteiger partial charge in [0.1, 0.15) is 0 Å². The summed E-state index contributed by atoms with van der Waals surface area (Å²) in [7, 11) is 0. The minimum absolute atomic E-state index is 0.521. The molecule has 2 nitrogen and oxygen atoms in total. The van der Waals surface area contributed by atoms with Crippen LogP contribution in [0.2, 0.25) is 0 Å². The topological polar surface area (TPSA) is 15.3 Å². The average molecular weight is 205 g/mol. The lowest BCUT2D eigenvalue weighted by atomic mass is 10.3. The summed E-state index contributed by atoms with van der Waals surface area (Å²) in [4.78, 5) is 2.40. The highest BCUT2D eigenvalue weighted by atomic mass is 35.5. The van der Waals surface area contributed by atoms with Gasteiger partial charge in [-0.25, -0.2) is 0 Å². The zero-order valence-electron chi connectivity index (χ0n) is 8.89. The first-order valence-corrected chi connectivity index (χ1v) is 5.39. The van der Waals surface area contributed by atoms with E-state index in [9.17, 15) is 0 Å². The molecule has 0 aliphatic rings. The van der Waals surface area contributed by atoms with E-state index >= 15 is 0 Å². The van der Waals surface area contributed by atoms with E-state index in [0.29, 0.717) is 6.04 Å². The van der Waals surface area contributed by atoms with Gasteiger partial charge in [-0.15, -0.1) is 0 Å². The second kappa shape index (κ2) is 8.54. The van der Waals surface area contributed by atoms with E-state index in [2.05, 4.69) is 31.0 Å². The fourth-order valence-corrected chi connectivity index (χ4v) is 1.34. The van der Waals surface area contributed by atoms with Crippen molar-refractivity contribution in [2.75, 3.05) is 26.2 Å². The van der Waals surface area contributed by atoms with Crippen molar-refractivity contribution in [3.05, 3.63) is 11.6 Å². The number of hydrogen-bond donors (Lipinski definition) is 1. The molecule has 0 aromatic rings. The van der Waals surface area contributed by atoms with E-state index in [4.69, 9.17) is 11.6 Å². The van der Waals surface area contributed by atoms with Gasteiger partial charge in [-0.05, 0) is 20.0 Å². The molecule has 3 heteroatoms. The molecule has 0 fully saturated rings. The Morgan fingerprint density at radius 1 is 1.38 bits per heavy atom. The maximum Gasteiger partial charge on any atom is 0.0169 e. The van der Waals surface area contributed by atoms with E-state index < -0.39 is 0 Å². The zero-order chi connectivity index (χ0) is 10.1. The fourth-order valence-electron chi connectivity index (χ4n) is 1.25. The summed E-state index contributed by atoms with van der Waals surface area (Å²) < 4.78 is 0. The van der Waals surface area contributed by atoms with Crippen LogP contribution in [0.5, 0.6) is 0 Å². The zero-order valence-corrected chi connectivity index (χ0v) is 9.64. The van der Waals surface area contributed by atoms with E-state index in [1.807, 2.05) is 6.08 Å². The first kappa shape index (κ1) is 12.9. The van der Waals surface area contributed by atoms with E-state index in [1.54, 1.807) is 5.54 Å². The molecule has 0 heterocycles. The third kappa shape index (κ3) is 7.05. The smallest absolute Gasteiger partial charge is 0.0169 e. The van der Waals surface area contributed by atoms with Gasteiger partial charge in [0.05, 0.1) is 0 Å². The van der Waals surface area contributed by atoms with E-state index in [0.717, 1.165) is 26.2 Å². The lowest BCUT2D eigenvalue weighted by molar-refractivity contribution is 0.274. The minimum atomic E-state index is 0.521. The van der Waals surface area contributed by atoms with Gasteiger partial charge in [-0.2, -0.15) is 0 Å². The van der Waals surface area contributed by atoms with Crippen molar-refractivity contribution in [3.63, 3.8) is 0 Å². The molecule has 0 aromatic carbocycles. The molecule has 0 aliphatic heterocycles. The molecule has 0 spiro atoms. The molecule has 1 atom stereocenters. The predicted octanol–water partition coefficient (Wildman–Crippen LogP) is 2.06. The van der Waals surface area contributed by atoms with Crippen LogP contribution < -0.4 is 5.32 Å². The summed E-state index contributed by atoms with van der Waals surface area (Å²) in [5.74, 6) is 0. The Labute approximate surface area is 86.9 Å². The number of rotatable bonds is 7. The van der Waals surface area contributed by atoms with Crippen molar-refractivity contribution in [2.24, 2.45) is 0 Å². The van der Waals surface area contributed by atoms with Crippen LogP contribution in [0.1, 0.15) is 20.8 Å². The van der Waals surface area contributed by atoms with Gasteiger partial charge in [0.25, 0.3) is 0 Å². The highest BCUT2D eigenvalue weighted by Crippen LogP contribution is 1.91. The molecular formula is C10H21ClN2. The number of halogens is 1.